The Labute approximate surface area is 203 Å². The summed E-state index contributed by atoms with van der Waals surface area (Å²) in [7, 11) is 7.87. The molecule has 0 aliphatic carbocycles. The van der Waals surface area contributed by atoms with E-state index in [1.165, 1.54) is 0 Å². The van der Waals surface area contributed by atoms with Crippen LogP contribution in [0.25, 0.3) is 10.9 Å². The molecule has 0 saturated heterocycles. The molecule has 0 atom stereocenters. The first-order valence-corrected chi connectivity index (χ1v) is 10.7. The first kappa shape index (κ1) is 23.7. The summed E-state index contributed by atoms with van der Waals surface area (Å²) in [5.41, 5.74) is 2.36. The highest BCUT2D eigenvalue weighted by molar-refractivity contribution is 5.94. The fourth-order valence-electron chi connectivity index (χ4n) is 3.60. The van der Waals surface area contributed by atoms with Crippen LogP contribution in [0.1, 0.15) is 5.56 Å². The Balaban J connectivity index is 1.79. The molecule has 0 fully saturated rings. The Kier molecular flexibility index (Phi) is 7.20. The normalized spacial score (nSPS) is 10.5. The van der Waals surface area contributed by atoms with Gasteiger partial charge in [0.05, 0.1) is 41.1 Å². The van der Waals surface area contributed by atoms with Gasteiger partial charge in [-0.05, 0) is 17.7 Å². The molecule has 10 heteroatoms. The SMILES string of the molecule is COc1cc2nc(NCc3cccnc3)nc(Nc3cc(OC)c(OC)c(OC)c3)c2cc1OC. The number of benzene rings is 2. The van der Waals surface area contributed by atoms with Gasteiger partial charge >= 0.3 is 0 Å². The molecule has 0 radical (unpaired) electrons. The molecule has 35 heavy (non-hydrogen) atoms. The monoisotopic (exact) mass is 477 g/mol. The van der Waals surface area contributed by atoms with E-state index in [2.05, 4.69) is 20.6 Å². The quantitative estimate of drug-likeness (QED) is 0.341. The number of aromatic nitrogens is 3. The molecular formula is C25H27N5O5. The number of hydrogen-bond acceptors (Lipinski definition) is 10. The van der Waals surface area contributed by atoms with Gasteiger partial charge < -0.3 is 34.3 Å². The number of pyridine rings is 1. The topological polar surface area (TPSA) is 109 Å². The number of hydrogen-bond donors (Lipinski definition) is 2. The van der Waals surface area contributed by atoms with Crippen molar-refractivity contribution in [1.82, 2.24) is 15.0 Å². The van der Waals surface area contributed by atoms with Crippen LogP contribution in [0.2, 0.25) is 0 Å². The number of ether oxygens (including phenoxy) is 5. The van der Waals surface area contributed by atoms with Gasteiger partial charge in [-0.2, -0.15) is 4.98 Å². The van der Waals surface area contributed by atoms with Crippen molar-refractivity contribution in [2.75, 3.05) is 46.2 Å². The lowest BCUT2D eigenvalue weighted by Crippen LogP contribution is -2.07. The minimum absolute atomic E-state index is 0.434. The second-order valence-electron chi connectivity index (χ2n) is 7.37. The molecule has 2 aromatic carbocycles. The van der Waals surface area contributed by atoms with Crippen LogP contribution in [0.5, 0.6) is 28.7 Å². The summed E-state index contributed by atoms with van der Waals surface area (Å²) in [5.74, 6) is 3.65. The maximum Gasteiger partial charge on any atom is 0.225 e. The van der Waals surface area contributed by atoms with Crippen molar-refractivity contribution in [3.63, 3.8) is 0 Å². The lowest BCUT2D eigenvalue weighted by molar-refractivity contribution is 0.324. The molecule has 0 bridgehead atoms. The van der Waals surface area contributed by atoms with Gasteiger partial charge in [0.2, 0.25) is 11.7 Å². The van der Waals surface area contributed by atoms with Gasteiger partial charge in [-0.15, -0.1) is 0 Å². The first-order valence-electron chi connectivity index (χ1n) is 10.7. The van der Waals surface area contributed by atoms with Crippen LogP contribution in [0, 0.1) is 0 Å². The zero-order valence-corrected chi connectivity index (χ0v) is 20.2. The van der Waals surface area contributed by atoms with E-state index in [-0.39, 0.29) is 0 Å². The van der Waals surface area contributed by atoms with Crippen molar-refractivity contribution in [1.29, 1.82) is 0 Å². The summed E-state index contributed by atoms with van der Waals surface area (Å²) in [6.45, 7) is 0.510. The number of methoxy groups -OCH3 is 5. The minimum Gasteiger partial charge on any atom is -0.493 e. The first-order chi connectivity index (χ1) is 17.1. The fourth-order valence-corrected chi connectivity index (χ4v) is 3.60. The van der Waals surface area contributed by atoms with Gasteiger partial charge in [0.15, 0.2) is 23.0 Å². The highest BCUT2D eigenvalue weighted by Crippen LogP contribution is 2.41. The predicted molar refractivity (Wildman–Crippen MR) is 134 cm³/mol. The van der Waals surface area contributed by atoms with Crippen molar-refractivity contribution in [2.24, 2.45) is 0 Å². The van der Waals surface area contributed by atoms with Crippen molar-refractivity contribution in [3.8, 4) is 28.7 Å². The van der Waals surface area contributed by atoms with Gasteiger partial charge in [0.25, 0.3) is 0 Å². The van der Waals surface area contributed by atoms with Crippen molar-refractivity contribution in [3.05, 3.63) is 54.4 Å². The summed E-state index contributed by atoms with van der Waals surface area (Å²) >= 11 is 0. The molecule has 182 valence electrons. The molecule has 2 N–H and O–H groups in total. The Morgan fingerprint density at radius 3 is 2.06 bits per heavy atom. The van der Waals surface area contributed by atoms with Crippen LogP contribution in [0.3, 0.4) is 0 Å². The third kappa shape index (κ3) is 5.06. The van der Waals surface area contributed by atoms with Crippen LogP contribution in [0.15, 0.2) is 48.8 Å². The number of fused-ring (bicyclic) bond motifs is 1. The van der Waals surface area contributed by atoms with Crippen LogP contribution >= 0.6 is 0 Å². The molecule has 0 spiro atoms. The Morgan fingerprint density at radius 1 is 0.771 bits per heavy atom. The van der Waals surface area contributed by atoms with E-state index in [9.17, 15) is 0 Å². The molecule has 4 aromatic rings. The standard InChI is InChI=1S/C25H27N5O5/c1-31-19-11-17-18(12-20(19)32-2)29-25(27-14-15-7-6-8-26-13-15)30-24(17)28-16-9-21(33-3)23(35-5)22(10-16)34-4/h6-13H,14H2,1-5H3,(H2,27,28,29,30). The van der Waals surface area contributed by atoms with E-state index >= 15 is 0 Å². The van der Waals surface area contributed by atoms with Gasteiger partial charge in [-0.3, -0.25) is 4.98 Å². The number of nitrogens with one attached hydrogen (secondary N) is 2. The van der Waals surface area contributed by atoms with Crippen LogP contribution < -0.4 is 34.3 Å². The zero-order chi connectivity index (χ0) is 24.8. The largest absolute Gasteiger partial charge is 0.493 e. The summed E-state index contributed by atoms with van der Waals surface area (Å²) in [6.07, 6.45) is 3.52. The number of anilines is 3. The number of nitrogens with zero attached hydrogens (tertiary/aromatic N) is 3. The van der Waals surface area contributed by atoms with Crippen molar-refractivity contribution >= 4 is 28.4 Å². The van der Waals surface area contributed by atoms with E-state index in [1.807, 2.05) is 24.3 Å². The zero-order valence-electron chi connectivity index (χ0n) is 20.2. The number of rotatable bonds is 10. The van der Waals surface area contributed by atoms with E-state index in [0.717, 1.165) is 10.9 Å². The molecule has 0 saturated carbocycles. The second kappa shape index (κ2) is 10.6. The third-order valence-corrected chi connectivity index (χ3v) is 5.30. The second-order valence-corrected chi connectivity index (χ2v) is 7.37. The Hall–Kier alpha value is -4.47. The van der Waals surface area contributed by atoms with E-state index in [4.69, 9.17) is 28.7 Å². The molecule has 4 rings (SSSR count). The maximum absolute atomic E-state index is 5.50. The fraction of sp³-hybridized carbons (Fsp3) is 0.240. The van der Waals surface area contributed by atoms with Gasteiger partial charge in [-0.25, -0.2) is 4.98 Å². The van der Waals surface area contributed by atoms with Crippen molar-refractivity contribution < 1.29 is 23.7 Å². The maximum atomic E-state index is 5.50. The summed E-state index contributed by atoms with van der Waals surface area (Å²) in [6, 6.07) is 11.1. The summed E-state index contributed by atoms with van der Waals surface area (Å²) < 4.78 is 27.4. The lowest BCUT2D eigenvalue weighted by atomic mass is 10.2. The smallest absolute Gasteiger partial charge is 0.225 e. The molecule has 0 amide bonds. The third-order valence-electron chi connectivity index (χ3n) is 5.30. The average Bonchev–Trinajstić information content (AvgIpc) is 2.91. The molecule has 2 heterocycles. The summed E-state index contributed by atoms with van der Waals surface area (Å²) in [4.78, 5) is 13.6. The van der Waals surface area contributed by atoms with Gasteiger partial charge in [0, 0.05) is 48.2 Å². The molecule has 2 aromatic heterocycles. The van der Waals surface area contributed by atoms with E-state index in [1.54, 1.807) is 60.1 Å². The summed E-state index contributed by atoms with van der Waals surface area (Å²) in [5, 5.41) is 7.36. The average molecular weight is 478 g/mol. The molecule has 0 aliphatic heterocycles. The lowest BCUT2D eigenvalue weighted by Gasteiger charge is -2.17. The van der Waals surface area contributed by atoms with Gasteiger partial charge in [-0.1, -0.05) is 6.07 Å². The Bertz CT molecular complexity index is 1290. The van der Waals surface area contributed by atoms with E-state index < -0.39 is 0 Å². The predicted octanol–water partition coefficient (Wildman–Crippen LogP) is 4.42. The Morgan fingerprint density at radius 2 is 1.46 bits per heavy atom. The highest BCUT2D eigenvalue weighted by Gasteiger charge is 2.17. The van der Waals surface area contributed by atoms with E-state index in [0.29, 0.717) is 58.3 Å². The minimum atomic E-state index is 0.434. The van der Waals surface area contributed by atoms with Crippen LogP contribution in [-0.2, 0) is 6.54 Å². The molecular weight excluding hydrogens is 450 g/mol. The molecule has 10 nitrogen and oxygen atoms in total. The molecule has 0 unspecified atom stereocenters. The molecule has 0 aliphatic rings. The van der Waals surface area contributed by atoms with Gasteiger partial charge in [0.1, 0.15) is 5.82 Å². The van der Waals surface area contributed by atoms with Crippen molar-refractivity contribution in [2.45, 2.75) is 6.54 Å². The van der Waals surface area contributed by atoms with Crippen LogP contribution in [-0.4, -0.2) is 50.5 Å². The highest BCUT2D eigenvalue weighted by atomic mass is 16.5. The van der Waals surface area contributed by atoms with Crippen LogP contribution in [0.4, 0.5) is 17.5 Å².